The summed E-state index contributed by atoms with van der Waals surface area (Å²) < 4.78 is 5.43. The summed E-state index contributed by atoms with van der Waals surface area (Å²) in [6, 6.07) is 0.529. The molecular weight excluding hydrogens is 378 g/mol. The summed E-state index contributed by atoms with van der Waals surface area (Å²) in [5.74, 6) is 2.77. The fourth-order valence-corrected chi connectivity index (χ4v) is 8.55. The molecule has 27 heavy (non-hydrogen) atoms. The van der Waals surface area contributed by atoms with Crippen LogP contribution < -0.4 is 0 Å². The smallest absolute Gasteiger partial charge is 0.137 e. The summed E-state index contributed by atoms with van der Waals surface area (Å²) in [5, 5.41) is 12.2. The van der Waals surface area contributed by atoms with Gasteiger partial charge in [0.1, 0.15) is 11.5 Å². The molecule has 0 aromatic carbocycles. The molecule has 0 bridgehead atoms. The number of halogens is 1. The van der Waals surface area contributed by atoms with E-state index in [-0.39, 0.29) is 0 Å². The van der Waals surface area contributed by atoms with Crippen LogP contribution in [0.15, 0.2) is 22.7 Å². The standard InChI is InChI=1S/C22H32ClNO2S/c1-26-18-10-14-8-9-24(22(13-6-7-13)16(14)11-17(18)25)12-20-21(23)15-4-2-3-5-19(15)27-20/h13,15,19-22,25H,2-12H2,1H3. The summed E-state index contributed by atoms with van der Waals surface area (Å²) in [6.07, 6.45) is 10.8. The van der Waals surface area contributed by atoms with Crippen LogP contribution >= 0.6 is 23.4 Å². The predicted molar refractivity (Wildman–Crippen MR) is 112 cm³/mol. The fraction of sp³-hybridized carbons (Fsp3) is 0.818. The van der Waals surface area contributed by atoms with Crippen molar-refractivity contribution in [2.75, 3.05) is 20.2 Å². The number of thioether (sulfide) groups is 1. The van der Waals surface area contributed by atoms with Crippen LogP contribution in [0, 0.1) is 11.8 Å². The normalized spacial score (nSPS) is 40.1. The number of rotatable bonds is 4. The van der Waals surface area contributed by atoms with Gasteiger partial charge in [-0.2, -0.15) is 11.8 Å². The molecule has 150 valence electrons. The highest BCUT2D eigenvalue weighted by Gasteiger charge is 2.47. The minimum atomic E-state index is 0.343. The van der Waals surface area contributed by atoms with Gasteiger partial charge in [-0.15, -0.1) is 11.6 Å². The molecule has 3 nitrogen and oxygen atoms in total. The second-order valence-electron chi connectivity index (χ2n) is 9.19. The minimum absolute atomic E-state index is 0.343. The quantitative estimate of drug-likeness (QED) is 0.507. The van der Waals surface area contributed by atoms with Gasteiger partial charge < -0.3 is 9.84 Å². The van der Waals surface area contributed by atoms with Crippen LogP contribution in [0.25, 0.3) is 0 Å². The first kappa shape index (κ1) is 18.7. The number of nitrogens with zero attached hydrogens (tertiary/aromatic N) is 1. The Bertz CT molecular complexity index is 659. The molecular formula is C22H32ClNO2S. The Morgan fingerprint density at radius 1 is 1.19 bits per heavy atom. The van der Waals surface area contributed by atoms with Crippen molar-refractivity contribution in [2.24, 2.45) is 11.8 Å². The number of methoxy groups -OCH3 is 1. The van der Waals surface area contributed by atoms with Crippen molar-refractivity contribution < 1.29 is 9.84 Å². The zero-order valence-corrected chi connectivity index (χ0v) is 17.9. The van der Waals surface area contributed by atoms with E-state index in [1.807, 2.05) is 0 Å². The summed E-state index contributed by atoms with van der Waals surface area (Å²) in [4.78, 5) is 2.74. The van der Waals surface area contributed by atoms with Gasteiger partial charge in [0.05, 0.1) is 12.5 Å². The molecule has 3 fully saturated rings. The van der Waals surface area contributed by atoms with Crippen molar-refractivity contribution in [1.29, 1.82) is 0 Å². The average Bonchev–Trinajstić information content (AvgIpc) is 3.46. The molecule has 1 N–H and O–H groups in total. The molecule has 5 heteroatoms. The van der Waals surface area contributed by atoms with E-state index in [1.54, 1.807) is 7.11 Å². The zero-order valence-electron chi connectivity index (χ0n) is 16.3. The van der Waals surface area contributed by atoms with Crippen molar-refractivity contribution in [3.05, 3.63) is 22.7 Å². The lowest BCUT2D eigenvalue weighted by atomic mass is 9.81. The molecule has 2 saturated carbocycles. The van der Waals surface area contributed by atoms with Gasteiger partial charge in [-0.25, -0.2) is 0 Å². The number of aliphatic hydroxyl groups excluding tert-OH is 1. The van der Waals surface area contributed by atoms with Crippen LogP contribution in [0.3, 0.4) is 0 Å². The van der Waals surface area contributed by atoms with Crippen molar-refractivity contribution in [3.63, 3.8) is 0 Å². The maximum absolute atomic E-state index is 10.5. The summed E-state index contributed by atoms with van der Waals surface area (Å²) in [6.45, 7) is 2.28. The second kappa shape index (κ2) is 7.50. The fourth-order valence-electron chi connectivity index (χ4n) is 6.01. The highest BCUT2D eigenvalue weighted by Crippen LogP contribution is 2.51. The first-order valence-electron chi connectivity index (χ1n) is 10.8. The highest BCUT2D eigenvalue weighted by molar-refractivity contribution is 8.01. The molecule has 5 unspecified atom stereocenters. The molecule has 2 aliphatic heterocycles. The van der Waals surface area contributed by atoms with Gasteiger partial charge in [0, 0.05) is 42.5 Å². The maximum atomic E-state index is 10.5. The first-order chi connectivity index (χ1) is 13.2. The lowest BCUT2D eigenvalue weighted by Gasteiger charge is -2.42. The van der Waals surface area contributed by atoms with Crippen LogP contribution in [0.4, 0.5) is 0 Å². The number of allylic oxidation sites excluding steroid dienone is 2. The van der Waals surface area contributed by atoms with E-state index in [4.69, 9.17) is 16.3 Å². The predicted octanol–water partition coefficient (Wildman–Crippen LogP) is 5.26. The third kappa shape index (κ3) is 3.44. The van der Waals surface area contributed by atoms with E-state index in [2.05, 4.69) is 16.7 Å². The van der Waals surface area contributed by atoms with Crippen molar-refractivity contribution in [1.82, 2.24) is 4.90 Å². The molecule has 0 aromatic heterocycles. The Balaban J connectivity index is 1.33. The molecule has 5 aliphatic rings. The largest absolute Gasteiger partial charge is 0.508 e. The summed E-state index contributed by atoms with van der Waals surface area (Å²) in [7, 11) is 1.68. The van der Waals surface area contributed by atoms with Gasteiger partial charge in [0.25, 0.3) is 0 Å². The Hall–Kier alpha value is -0.320. The van der Waals surface area contributed by atoms with Gasteiger partial charge in [0.15, 0.2) is 0 Å². The van der Waals surface area contributed by atoms with Gasteiger partial charge >= 0.3 is 0 Å². The van der Waals surface area contributed by atoms with Crippen LogP contribution in [-0.4, -0.2) is 52.1 Å². The number of ether oxygens (including phenoxy) is 1. The number of aliphatic hydroxyl groups is 1. The van der Waals surface area contributed by atoms with E-state index in [0.29, 0.717) is 28.8 Å². The monoisotopic (exact) mass is 409 g/mol. The molecule has 0 amide bonds. The van der Waals surface area contributed by atoms with Crippen LogP contribution in [0.2, 0.25) is 0 Å². The van der Waals surface area contributed by atoms with Crippen LogP contribution in [-0.2, 0) is 4.74 Å². The van der Waals surface area contributed by atoms with Crippen molar-refractivity contribution in [3.8, 4) is 0 Å². The van der Waals surface area contributed by atoms with E-state index in [0.717, 1.165) is 48.8 Å². The number of fused-ring (bicyclic) bond motifs is 1. The Labute approximate surface area is 172 Å². The summed E-state index contributed by atoms with van der Waals surface area (Å²) in [5.41, 5.74) is 3.04. The molecule has 0 radical (unpaired) electrons. The molecule has 2 heterocycles. The Kier molecular flexibility index (Phi) is 5.19. The highest BCUT2D eigenvalue weighted by atomic mass is 35.5. The lowest BCUT2D eigenvalue weighted by molar-refractivity contribution is 0.170. The minimum Gasteiger partial charge on any atom is -0.508 e. The lowest BCUT2D eigenvalue weighted by Crippen LogP contribution is -2.47. The molecule has 1 saturated heterocycles. The van der Waals surface area contributed by atoms with Gasteiger partial charge in [0.2, 0.25) is 0 Å². The third-order valence-corrected chi connectivity index (χ3v) is 10.1. The molecule has 3 aliphatic carbocycles. The Morgan fingerprint density at radius 3 is 2.74 bits per heavy atom. The summed E-state index contributed by atoms with van der Waals surface area (Å²) >= 11 is 9.18. The average molecular weight is 410 g/mol. The van der Waals surface area contributed by atoms with E-state index >= 15 is 0 Å². The van der Waals surface area contributed by atoms with Crippen LogP contribution in [0.1, 0.15) is 57.8 Å². The van der Waals surface area contributed by atoms with E-state index in [9.17, 15) is 5.11 Å². The first-order valence-corrected chi connectivity index (χ1v) is 12.2. The second-order valence-corrected chi connectivity index (χ2v) is 11.2. The Morgan fingerprint density at radius 2 is 2.00 bits per heavy atom. The molecule has 0 spiro atoms. The third-order valence-electron chi connectivity index (χ3n) is 7.56. The van der Waals surface area contributed by atoms with Crippen molar-refractivity contribution in [2.45, 2.75) is 79.7 Å². The molecule has 5 atom stereocenters. The SMILES string of the molecule is COC1=C(O)CC2=C(CCN(CC3SC4CCCCC4C3Cl)C2C2CC2)C1. The topological polar surface area (TPSA) is 32.7 Å². The van der Waals surface area contributed by atoms with Crippen molar-refractivity contribution >= 4 is 23.4 Å². The van der Waals surface area contributed by atoms with Crippen LogP contribution in [0.5, 0.6) is 0 Å². The van der Waals surface area contributed by atoms with E-state index in [1.165, 1.54) is 49.7 Å². The van der Waals surface area contributed by atoms with Gasteiger partial charge in [-0.3, -0.25) is 4.90 Å². The number of hydrogen-bond donors (Lipinski definition) is 1. The zero-order chi connectivity index (χ0) is 18.5. The number of alkyl halides is 1. The van der Waals surface area contributed by atoms with Gasteiger partial charge in [-0.05, 0) is 49.5 Å². The maximum Gasteiger partial charge on any atom is 0.137 e. The van der Waals surface area contributed by atoms with E-state index < -0.39 is 0 Å². The van der Waals surface area contributed by atoms with Gasteiger partial charge in [-0.1, -0.05) is 18.4 Å². The number of hydrogen-bond acceptors (Lipinski definition) is 4. The molecule has 5 rings (SSSR count). The molecule has 0 aromatic rings.